The average Bonchev–Trinajstić information content (AvgIpc) is 3.37. The first-order chi connectivity index (χ1) is 12.3. The van der Waals surface area contributed by atoms with Crippen LogP contribution in [0.2, 0.25) is 0 Å². The lowest BCUT2D eigenvalue weighted by Gasteiger charge is -2.46. The fraction of sp³-hybridized carbons (Fsp3) is 0.588. The molecular weight excluding hydrogens is 415 g/mol. The smallest absolute Gasteiger partial charge is 0.328 e. The van der Waals surface area contributed by atoms with Crippen molar-refractivity contribution < 1.29 is 33.7 Å². The molecule has 27 heavy (non-hydrogen) atoms. The SMILES string of the molecule is O=C(OCc1ccccc1)C(CC(Cl)CCCCC1CO1)S(F)(F)(F)(F)F. The van der Waals surface area contributed by atoms with Crippen molar-refractivity contribution in [1.82, 2.24) is 0 Å². The first-order valence-corrected chi connectivity index (χ1v) is 11.0. The lowest BCUT2D eigenvalue weighted by Crippen LogP contribution is -2.37. The maximum Gasteiger partial charge on any atom is 0.328 e. The predicted molar refractivity (Wildman–Crippen MR) is 95.6 cm³/mol. The highest BCUT2D eigenvalue weighted by Crippen LogP contribution is 3.00. The summed E-state index contributed by atoms with van der Waals surface area (Å²) in [6, 6.07) is 7.86. The molecule has 1 aliphatic rings. The molecule has 1 fully saturated rings. The molecule has 0 saturated carbocycles. The van der Waals surface area contributed by atoms with E-state index in [4.69, 9.17) is 16.3 Å². The van der Waals surface area contributed by atoms with E-state index in [9.17, 15) is 24.2 Å². The third-order valence-electron chi connectivity index (χ3n) is 4.19. The average molecular weight is 437 g/mol. The summed E-state index contributed by atoms with van der Waals surface area (Å²) in [4.78, 5) is 11.9. The van der Waals surface area contributed by atoms with Crippen LogP contribution in [0.5, 0.6) is 0 Å². The van der Waals surface area contributed by atoms with Gasteiger partial charge in [-0.05, 0) is 24.8 Å². The van der Waals surface area contributed by atoms with E-state index in [-0.39, 0.29) is 12.5 Å². The Balaban J connectivity index is 1.94. The number of esters is 1. The first kappa shape index (κ1) is 22.2. The van der Waals surface area contributed by atoms with Crippen molar-refractivity contribution in [3.8, 4) is 0 Å². The Bertz CT molecular complexity index is 637. The van der Waals surface area contributed by atoms with Crippen molar-refractivity contribution in [3.63, 3.8) is 0 Å². The van der Waals surface area contributed by atoms with E-state index in [1.807, 2.05) is 0 Å². The van der Waals surface area contributed by atoms with Crippen LogP contribution < -0.4 is 0 Å². The molecule has 0 spiro atoms. The minimum absolute atomic E-state index is 0.102. The van der Waals surface area contributed by atoms with Gasteiger partial charge in [-0.2, -0.15) is 0 Å². The number of alkyl halides is 1. The van der Waals surface area contributed by atoms with Crippen LogP contribution in [-0.4, -0.2) is 29.3 Å². The van der Waals surface area contributed by atoms with Gasteiger partial charge in [0.15, 0.2) is 5.25 Å². The number of rotatable bonds is 11. The summed E-state index contributed by atoms with van der Waals surface area (Å²) in [5.41, 5.74) is 0.400. The van der Waals surface area contributed by atoms with E-state index < -0.39 is 39.8 Å². The minimum atomic E-state index is -10.1. The van der Waals surface area contributed by atoms with Gasteiger partial charge in [0.25, 0.3) is 10.2 Å². The molecule has 3 atom stereocenters. The number of hydrogen-bond acceptors (Lipinski definition) is 3. The third-order valence-corrected chi connectivity index (χ3v) is 6.05. The molecule has 1 heterocycles. The second-order valence-corrected chi connectivity index (χ2v) is 9.93. The van der Waals surface area contributed by atoms with Crippen molar-refractivity contribution in [3.05, 3.63) is 35.9 Å². The van der Waals surface area contributed by atoms with Gasteiger partial charge in [-0.3, -0.25) is 4.79 Å². The van der Waals surface area contributed by atoms with Crippen LogP contribution in [-0.2, 0) is 20.9 Å². The molecular formula is C17H22ClF5O3S. The van der Waals surface area contributed by atoms with Crippen LogP contribution in [0.3, 0.4) is 0 Å². The third kappa shape index (κ3) is 8.23. The molecule has 2 rings (SSSR count). The zero-order chi connectivity index (χ0) is 20.2. The summed E-state index contributed by atoms with van der Waals surface area (Å²) >= 11 is 5.84. The Morgan fingerprint density at radius 3 is 2.37 bits per heavy atom. The van der Waals surface area contributed by atoms with Crippen LogP contribution in [0.25, 0.3) is 0 Å². The van der Waals surface area contributed by atoms with Gasteiger partial charge >= 0.3 is 5.97 Å². The highest BCUT2D eigenvalue weighted by atomic mass is 35.5. The standard InChI is InChI=1S/C17H22ClF5O3S/c18-14(8-4-5-9-15-12-25-15)10-16(27(19,20,21,22)23)17(24)26-11-13-6-2-1-3-7-13/h1-3,6-7,14-16H,4-5,8-12H2. The summed E-state index contributed by atoms with van der Waals surface area (Å²) in [6.45, 7) is 0.155. The van der Waals surface area contributed by atoms with Crippen LogP contribution in [0.15, 0.2) is 30.3 Å². The van der Waals surface area contributed by atoms with E-state index in [1.165, 1.54) is 12.1 Å². The normalized spacial score (nSPS) is 21.6. The minimum Gasteiger partial charge on any atom is -0.460 e. The van der Waals surface area contributed by atoms with Gasteiger partial charge in [0.1, 0.15) is 6.61 Å². The predicted octanol–water partition coefficient (Wildman–Crippen LogP) is 6.35. The molecule has 3 unspecified atom stereocenters. The Morgan fingerprint density at radius 2 is 1.81 bits per heavy atom. The number of carbonyl (C=O) groups excluding carboxylic acids is 1. The number of epoxide rings is 1. The number of hydrogen-bond donors (Lipinski definition) is 0. The number of carbonyl (C=O) groups is 1. The van der Waals surface area contributed by atoms with Crippen LogP contribution in [0.4, 0.5) is 19.4 Å². The zero-order valence-corrected chi connectivity index (χ0v) is 16.0. The Labute approximate surface area is 159 Å². The molecule has 0 bridgehead atoms. The highest BCUT2D eigenvalue weighted by molar-refractivity contribution is 8.46. The summed E-state index contributed by atoms with van der Waals surface area (Å²) in [6.07, 6.45) is 0.989. The van der Waals surface area contributed by atoms with E-state index in [1.54, 1.807) is 18.2 Å². The number of halogens is 6. The maximum atomic E-state index is 13.3. The lowest BCUT2D eigenvalue weighted by atomic mass is 10.1. The molecule has 10 heteroatoms. The molecule has 1 saturated heterocycles. The fourth-order valence-corrected chi connectivity index (χ4v) is 4.07. The number of benzene rings is 1. The largest absolute Gasteiger partial charge is 0.460 e. The van der Waals surface area contributed by atoms with Gasteiger partial charge in [0, 0.05) is 5.38 Å². The van der Waals surface area contributed by atoms with Gasteiger partial charge in [-0.15, -0.1) is 11.6 Å². The van der Waals surface area contributed by atoms with Crippen LogP contribution in [0, 0.1) is 0 Å². The van der Waals surface area contributed by atoms with E-state index in [2.05, 4.69) is 4.74 Å². The monoisotopic (exact) mass is 436 g/mol. The van der Waals surface area contributed by atoms with Crippen LogP contribution >= 0.6 is 21.8 Å². The van der Waals surface area contributed by atoms with Crippen molar-refractivity contribution in [1.29, 1.82) is 0 Å². The number of unbranched alkanes of at least 4 members (excludes halogenated alkanes) is 1. The maximum absolute atomic E-state index is 13.3. The molecule has 0 radical (unpaired) electrons. The highest BCUT2D eigenvalue weighted by Gasteiger charge is 2.73. The Hall–Kier alpha value is -1.06. The summed E-state index contributed by atoms with van der Waals surface area (Å²) in [7, 11) is -10.1. The topological polar surface area (TPSA) is 38.8 Å². The van der Waals surface area contributed by atoms with E-state index in [0.717, 1.165) is 6.42 Å². The lowest BCUT2D eigenvalue weighted by molar-refractivity contribution is -0.145. The molecule has 156 valence electrons. The first-order valence-electron chi connectivity index (χ1n) is 8.54. The van der Waals surface area contributed by atoms with Gasteiger partial charge in [-0.25, -0.2) is 0 Å². The number of ether oxygens (including phenoxy) is 2. The van der Waals surface area contributed by atoms with Gasteiger partial charge < -0.3 is 9.47 Å². The Morgan fingerprint density at radius 1 is 1.19 bits per heavy atom. The van der Waals surface area contributed by atoms with Crippen molar-refractivity contribution >= 4 is 27.8 Å². The van der Waals surface area contributed by atoms with Crippen LogP contribution in [0.1, 0.15) is 37.7 Å². The molecule has 1 aliphatic heterocycles. The summed E-state index contributed by atoms with van der Waals surface area (Å²) in [5.74, 6) is -1.99. The van der Waals surface area contributed by atoms with Gasteiger partial charge in [-0.1, -0.05) is 62.6 Å². The molecule has 0 aromatic heterocycles. The molecule has 0 aliphatic carbocycles. The van der Waals surface area contributed by atoms with Crippen molar-refractivity contribution in [2.75, 3.05) is 6.61 Å². The van der Waals surface area contributed by atoms with Gasteiger partial charge in [0.05, 0.1) is 12.7 Å². The fourth-order valence-electron chi connectivity index (χ4n) is 2.60. The molecule has 3 nitrogen and oxygen atoms in total. The summed E-state index contributed by atoms with van der Waals surface area (Å²) in [5, 5.41) is -4.72. The van der Waals surface area contributed by atoms with Crippen molar-refractivity contribution in [2.45, 2.75) is 55.4 Å². The molecule has 1 aromatic rings. The van der Waals surface area contributed by atoms with E-state index >= 15 is 0 Å². The Kier molecular flexibility index (Phi) is 6.38. The summed E-state index contributed by atoms with van der Waals surface area (Å²) < 4.78 is 76.3. The molecule has 0 N–H and O–H groups in total. The van der Waals surface area contributed by atoms with Gasteiger partial charge in [0.2, 0.25) is 0 Å². The second kappa shape index (κ2) is 7.75. The molecule has 0 amide bonds. The van der Waals surface area contributed by atoms with E-state index in [0.29, 0.717) is 25.0 Å². The second-order valence-electron chi connectivity index (χ2n) is 6.68. The zero-order valence-electron chi connectivity index (χ0n) is 14.5. The quantitative estimate of drug-likeness (QED) is 0.133. The van der Waals surface area contributed by atoms with Crippen molar-refractivity contribution in [2.24, 2.45) is 0 Å². The molecule has 1 aromatic carbocycles.